The van der Waals surface area contributed by atoms with E-state index in [1.54, 1.807) is 0 Å². The van der Waals surface area contributed by atoms with Crippen LogP contribution in [0.3, 0.4) is 0 Å². The maximum atomic E-state index is 9.48. The van der Waals surface area contributed by atoms with Gasteiger partial charge in [0.15, 0.2) is 0 Å². The van der Waals surface area contributed by atoms with E-state index in [-0.39, 0.29) is 6.10 Å². The highest BCUT2D eigenvalue weighted by Gasteiger charge is 2.23. The summed E-state index contributed by atoms with van der Waals surface area (Å²) >= 11 is 0. The minimum absolute atomic E-state index is 0.0913. The molecule has 2 heteroatoms. The SMILES string of the molecule is C=C(C)CN1CCC(O)C(C)C1. The number of hydrogen-bond donors (Lipinski definition) is 1. The van der Waals surface area contributed by atoms with Crippen molar-refractivity contribution in [2.75, 3.05) is 19.6 Å². The molecular weight excluding hydrogens is 150 g/mol. The monoisotopic (exact) mass is 169 g/mol. The molecule has 0 aromatic heterocycles. The number of aliphatic hydroxyl groups is 1. The van der Waals surface area contributed by atoms with E-state index in [1.807, 2.05) is 0 Å². The van der Waals surface area contributed by atoms with Crippen LogP contribution in [-0.4, -0.2) is 35.7 Å². The van der Waals surface area contributed by atoms with Crippen LogP contribution in [0, 0.1) is 5.92 Å². The maximum absolute atomic E-state index is 9.48. The summed E-state index contributed by atoms with van der Waals surface area (Å²) in [5.41, 5.74) is 1.21. The first-order chi connectivity index (χ1) is 5.59. The molecule has 0 amide bonds. The average molecular weight is 169 g/mol. The summed E-state index contributed by atoms with van der Waals surface area (Å²) in [6, 6.07) is 0. The summed E-state index contributed by atoms with van der Waals surface area (Å²) in [5.74, 6) is 0.415. The molecule has 0 spiro atoms. The van der Waals surface area contributed by atoms with Crippen LogP contribution < -0.4 is 0 Å². The molecule has 0 bridgehead atoms. The number of likely N-dealkylation sites (tertiary alicyclic amines) is 1. The lowest BCUT2D eigenvalue weighted by Crippen LogP contribution is -2.42. The summed E-state index contributed by atoms with van der Waals surface area (Å²) in [6.07, 6.45) is 0.820. The third-order valence-electron chi connectivity index (χ3n) is 2.44. The topological polar surface area (TPSA) is 23.5 Å². The Hall–Kier alpha value is -0.340. The van der Waals surface area contributed by atoms with E-state index in [1.165, 1.54) is 5.57 Å². The molecule has 12 heavy (non-hydrogen) atoms. The molecule has 1 rings (SSSR count). The van der Waals surface area contributed by atoms with Crippen molar-refractivity contribution in [2.45, 2.75) is 26.4 Å². The molecule has 1 saturated heterocycles. The zero-order valence-electron chi connectivity index (χ0n) is 8.08. The van der Waals surface area contributed by atoms with Crippen molar-refractivity contribution >= 4 is 0 Å². The van der Waals surface area contributed by atoms with E-state index in [0.29, 0.717) is 5.92 Å². The predicted octanol–water partition coefficient (Wildman–Crippen LogP) is 1.27. The highest BCUT2D eigenvalue weighted by molar-refractivity contribution is 4.93. The van der Waals surface area contributed by atoms with Crippen molar-refractivity contribution in [1.82, 2.24) is 4.90 Å². The van der Waals surface area contributed by atoms with Crippen LogP contribution in [0.5, 0.6) is 0 Å². The predicted molar refractivity (Wildman–Crippen MR) is 51.0 cm³/mol. The standard InChI is InChI=1S/C10H19NO/c1-8(2)6-11-5-4-10(12)9(3)7-11/h9-10,12H,1,4-7H2,2-3H3. The Labute approximate surface area is 74.9 Å². The van der Waals surface area contributed by atoms with Crippen molar-refractivity contribution < 1.29 is 5.11 Å². The minimum Gasteiger partial charge on any atom is -0.393 e. The molecular formula is C10H19NO. The molecule has 2 nitrogen and oxygen atoms in total. The van der Waals surface area contributed by atoms with Crippen LogP contribution in [0.2, 0.25) is 0 Å². The quantitative estimate of drug-likeness (QED) is 0.629. The fourth-order valence-corrected chi connectivity index (χ4v) is 1.74. The Balaban J connectivity index is 2.35. The fourth-order valence-electron chi connectivity index (χ4n) is 1.74. The Kier molecular flexibility index (Phi) is 3.29. The van der Waals surface area contributed by atoms with Crippen LogP contribution in [0.25, 0.3) is 0 Å². The van der Waals surface area contributed by atoms with Gasteiger partial charge in [-0.3, -0.25) is 4.90 Å². The van der Waals surface area contributed by atoms with E-state index in [2.05, 4.69) is 25.3 Å². The van der Waals surface area contributed by atoms with Crippen molar-refractivity contribution in [3.8, 4) is 0 Å². The normalized spacial score (nSPS) is 31.9. The molecule has 0 aromatic carbocycles. The fraction of sp³-hybridized carbons (Fsp3) is 0.800. The van der Waals surface area contributed by atoms with E-state index >= 15 is 0 Å². The second kappa shape index (κ2) is 4.06. The summed E-state index contributed by atoms with van der Waals surface area (Å²) in [7, 11) is 0. The third kappa shape index (κ3) is 2.61. The van der Waals surface area contributed by atoms with Gasteiger partial charge in [-0.2, -0.15) is 0 Å². The first-order valence-corrected chi connectivity index (χ1v) is 4.64. The second-order valence-electron chi connectivity index (χ2n) is 4.03. The largest absolute Gasteiger partial charge is 0.393 e. The van der Waals surface area contributed by atoms with Gasteiger partial charge in [-0.15, -0.1) is 0 Å². The Morgan fingerprint density at radius 1 is 1.67 bits per heavy atom. The Morgan fingerprint density at radius 2 is 2.33 bits per heavy atom. The van der Waals surface area contributed by atoms with Crippen molar-refractivity contribution in [2.24, 2.45) is 5.92 Å². The molecule has 1 fully saturated rings. The lowest BCUT2D eigenvalue weighted by Gasteiger charge is -2.34. The number of aliphatic hydroxyl groups excluding tert-OH is 1. The highest BCUT2D eigenvalue weighted by atomic mass is 16.3. The zero-order chi connectivity index (χ0) is 9.14. The number of piperidine rings is 1. The summed E-state index contributed by atoms with van der Waals surface area (Å²) < 4.78 is 0. The van der Waals surface area contributed by atoms with E-state index in [4.69, 9.17) is 0 Å². The molecule has 0 aliphatic carbocycles. The first kappa shape index (κ1) is 9.75. The van der Waals surface area contributed by atoms with Crippen LogP contribution in [0.4, 0.5) is 0 Å². The Morgan fingerprint density at radius 3 is 2.83 bits per heavy atom. The van der Waals surface area contributed by atoms with Crippen molar-refractivity contribution in [1.29, 1.82) is 0 Å². The highest BCUT2D eigenvalue weighted by Crippen LogP contribution is 2.16. The molecule has 1 aliphatic heterocycles. The summed E-state index contributed by atoms with van der Waals surface area (Å²) in [5, 5.41) is 9.48. The molecule has 0 saturated carbocycles. The van der Waals surface area contributed by atoms with Gasteiger partial charge in [0.25, 0.3) is 0 Å². The molecule has 2 unspecified atom stereocenters. The molecule has 70 valence electrons. The maximum Gasteiger partial charge on any atom is 0.0590 e. The van der Waals surface area contributed by atoms with Gasteiger partial charge in [-0.25, -0.2) is 0 Å². The Bertz CT molecular complexity index is 167. The number of rotatable bonds is 2. The van der Waals surface area contributed by atoms with Gasteiger partial charge in [0.1, 0.15) is 0 Å². The van der Waals surface area contributed by atoms with Gasteiger partial charge in [-0.1, -0.05) is 19.1 Å². The number of nitrogens with zero attached hydrogens (tertiary/aromatic N) is 1. The van der Waals surface area contributed by atoms with Crippen LogP contribution >= 0.6 is 0 Å². The smallest absolute Gasteiger partial charge is 0.0590 e. The van der Waals surface area contributed by atoms with Gasteiger partial charge in [0, 0.05) is 19.6 Å². The van der Waals surface area contributed by atoms with Crippen LogP contribution in [0.15, 0.2) is 12.2 Å². The summed E-state index contributed by atoms with van der Waals surface area (Å²) in [6.45, 7) is 11.1. The van der Waals surface area contributed by atoms with Crippen molar-refractivity contribution in [3.63, 3.8) is 0 Å². The molecule has 2 atom stereocenters. The molecule has 1 aliphatic rings. The van der Waals surface area contributed by atoms with Crippen LogP contribution in [-0.2, 0) is 0 Å². The molecule has 0 aromatic rings. The second-order valence-corrected chi connectivity index (χ2v) is 4.03. The van der Waals surface area contributed by atoms with Gasteiger partial charge >= 0.3 is 0 Å². The van der Waals surface area contributed by atoms with Crippen molar-refractivity contribution in [3.05, 3.63) is 12.2 Å². The lowest BCUT2D eigenvalue weighted by atomic mass is 9.96. The van der Waals surface area contributed by atoms with E-state index in [9.17, 15) is 5.11 Å². The average Bonchev–Trinajstić information content (AvgIpc) is 1.96. The lowest BCUT2D eigenvalue weighted by molar-refractivity contribution is 0.0387. The zero-order valence-corrected chi connectivity index (χ0v) is 8.08. The molecule has 1 N–H and O–H groups in total. The minimum atomic E-state index is -0.0913. The van der Waals surface area contributed by atoms with E-state index < -0.39 is 0 Å². The van der Waals surface area contributed by atoms with Gasteiger partial charge in [0.2, 0.25) is 0 Å². The van der Waals surface area contributed by atoms with Gasteiger partial charge in [0.05, 0.1) is 6.10 Å². The third-order valence-corrected chi connectivity index (χ3v) is 2.44. The van der Waals surface area contributed by atoms with Gasteiger partial charge in [-0.05, 0) is 19.3 Å². The van der Waals surface area contributed by atoms with Crippen LogP contribution in [0.1, 0.15) is 20.3 Å². The first-order valence-electron chi connectivity index (χ1n) is 4.64. The number of hydrogen-bond acceptors (Lipinski definition) is 2. The summed E-state index contributed by atoms with van der Waals surface area (Å²) in [4.78, 5) is 2.36. The molecule has 1 heterocycles. The molecule has 0 radical (unpaired) electrons. The van der Waals surface area contributed by atoms with Gasteiger partial charge < -0.3 is 5.11 Å². The van der Waals surface area contributed by atoms with E-state index in [0.717, 1.165) is 26.1 Å².